The first kappa shape index (κ1) is 14.7. The zero-order chi connectivity index (χ0) is 13.6. The molecule has 1 fully saturated rings. The van der Waals surface area contributed by atoms with Crippen LogP contribution in [0.25, 0.3) is 0 Å². The van der Waals surface area contributed by atoms with Crippen LogP contribution in [0.2, 0.25) is 0 Å². The molecule has 102 valence electrons. The number of carboxylic acid groups (broad SMARTS) is 1. The van der Waals surface area contributed by atoms with Gasteiger partial charge in [0.2, 0.25) is 0 Å². The van der Waals surface area contributed by atoms with E-state index >= 15 is 0 Å². The van der Waals surface area contributed by atoms with Gasteiger partial charge >= 0.3 is 11.9 Å². The van der Waals surface area contributed by atoms with Crippen molar-refractivity contribution in [1.29, 1.82) is 0 Å². The van der Waals surface area contributed by atoms with E-state index in [2.05, 4.69) is 0 Å². The highest BCUT2D eigenvalue weighted by Crippen LogP contribution is 2.40. The molecule has 0 heterocycles. The van der Waals surface area contributed by atoms with E-state index < -0.39 is 17.4 Å². The third-order valence-electron chi connectivity index (χ3n) is 3.45. The number of Topliss-reactive ketones (excluding diaryl/α,β-unsaturated/α-hetero) is 1. The molecule has 1 aliphatic rings. The molecule has 0 aliphatic heterocycles. The fourth-order valence-corrected chi connectivity index (χ4v) is 2.48. The standard InChI is InChI=1S/C13H20O5/c1-2-18-12(17)13(9-5-6-10(13)14)8-4-3-7-11(15)16/h2-9H2,1H3,(H,15,16). The van der Waals surface area contributed by atoms with Crippen molar-refractivity contribution in [2.45, 2.75) is 51.9 Å². The van der Waals surface area contributed by atoms with Crippen LogP contribution in [0.5, 0.6) is 0 Å². The lowest BCUT2D eigenvalue weighted by molar-refractivity contribution is -0.159. The summed E-state index contributed by atoms with van der Waals surface area (Å²) in [6.07, 6.45) is 3.23. The molecule has 5 heteroatoms. The van der Waals surface area contributed by atoms with Crippen LogP contribution < -0.4 is 0 Å². The van der Waals surface area contributed by atoms with Gasteiger partial charge in [0, 0.05) is 12.8 Å². The number of ketones is 1. The van der Waals surface area contributed by atoms with Crippen molar-refractivity contribution in [2.75, 3.05) is 6.61 Å². The molecule has 1 rings (SSSR count). The molecule has 1 atom stereocenters. The van der Waals surface area contributed by atoms with Gasteiger partial charge in [0.05, 0.1) is 6.61 Å². The molecule has 0 aromatic carbocycles. The summed E-state index contributed by atoms with van der Waals surface area (Å²) in [5.41, 5.74) is -0.992. The lowest BCUT2D eigenvalue weighted by Gasteiger charge is -2.24. The molecule has 0 aromatic rings. The lowest BCUT2D eigenvalue weighted by Crippen LogP contribution is -2.37. The van der Waals surface area contributed by atoms with Gasteiger partial charge in [-0.1, -0.05) is 6.42 Å². The Labute approximate surface area is 107 Å². The highest BCUT2D eigenvalue weighted by atomic mass is 16.5. The van der Waals surface area contributed by atoms with Gasteiger partial charge in [0.1, 0.15) is 11.2 Å². The Morgan fingerprint density at radius 3 is 2.61 bits per heavy atom. The molecule has 0 radical (unpaired) electrons. The van der Waals surface area contributed by atoms with Crippen LogP contribution in [-0.4, -0.2) is 29.4 Å². The number of carboxylic acids is 1. The predicted molar refractivity (Wildman–Crippen MR) is 64.0 cm³/mol. The predicted octanol–water partition coefficient (Wildman–Crippen LogP) is 1.93. The smallest absolute Gasteiger partial charge is 0.319 e. The molecule has 1 aliphatic carbocycles. The van der Waals surface area contributed by atoms with E-state index in [0.717, 1.165) is 6.42 Å². The zero-order valence-electron chi connectivity index (χ0n) is 10.7. The van der Waals surface area contributed by atoms with Crippen LogP contribution in [-0.2, 0) is 19.1 Å². The van der Waals surface area contributed by atoms with Crippen molar-refractivity contribution in [1.82, 2.24) is 0 Å². The number of unbranched alkanes of at least 4 members (excludes halogenated alkanes) is 1. The van der Waals surface area contributed by atoms with E-state index in [0.29, 0.717) is 32.1 Å². The summed E-state index contributed by atoms with van der Waals surface area (Å²) in [4.78, 5) is 34.3. The molecule has 1 N–H and O–H groups in total. The van der Waals surface area contributed by atoms with E-state index in [-0.39, 0.29) is 18.8 Å². The maximum Gasteiger partial charge on any atom is 0.319 e. The Hall–Kier alpha value is -1.39. The third-order valence-corrected chi connectivity index (χ3v) is 3.45. The van der Waals surface area contributed by atoms with Crippen molar-refractivity contribution < 1.29 is 24.2 Å². The number of hydrogen-bond donors (Lipinski definition) is 1. The van der Waals surface area contributed by atoms with Gasteiger partial charge in [-0.2, -0.15) is 0 Å². The fraction of sp³-hybridized carbons (Fsp3) is 0.769. The molecule has 0 bridgehead atoms. The summed E-state index contributed by atoms with van der Waals surface area (Å²) in [6.45, 7) is 1.98. The van der Waals surface area contributed by atoms with E-state index in [1.807, 2.05) is 0 Å². The Morgan fingerprint density at radius 1 is 1.39 bits per heavy atom. The topological polar surface area (TPSA) is 80.7 Å². The van der Waals surface area contributed by atoms with Gasteiger partial charge in [-0.05, 0) is 32.6 Å². The number of rotatable bonds is 7. The summed E-state index contributed by atoms with van der Waals surface area (Å²) in [5.74, 6) is -1.32. The normalized spacial score (nSPS) is 23.1. The molecule has 0 aromatic heterocycles. The van der Waals surface area contributed by atoms with E-state index in [4.69, 9.17) is 9.84 Å². The van der Waals surface area contributed by atoms with Gasteiger partial charge < -0.3 is 9.84 Å². The number of esters is 1. The Morgan fingerprint density at radius 2 is 2.11 bits per heavy atom. The first-order chi connectivity index (χ1) is 8.53. The summed E-state index contributed by atoms with van der Waals surface area (Å²) in [6, 6.07) is 0. The van der Waals surface area contributed by atoms with Crippen LogP contribution in [0.1, 0.15) is 51.9 Å². The maximum atomic E-state index is 11.9. The summed E-state index contributed by atoms with van der Waals surface area (Å²) in [7, 11) is 0. The number of carbonyl (C=O) groups excluding carboxylic acids is 2. The SMILES string of the molecule is CCOC(=O)C1(CCCCC(=O)O)CCCC1=O. The van der Waals surface area contributed by atoms with Crippen LogP contribution >= 0.6 is 0 Å². The lowest BCUT2D eigenvalue weighted by atomic mass is 9.80. The molecule has 0 saturated heterocycles. The molecule has 5 nitrogen and oxygen atoms in total. The van der Waals surface area contributed by atoms with Gasteiger partial charge in [0.15, 0.2) is 0 Å². The van der Waals surface area contributed by atoms with E-state index in [9.17, 15) is 14.4 Å². The minimum Gasteiger partial charge on any atom is -0.481 e. The van der Waals surface area contributed by atoms with Crippen molar-refractivity contribution in [3.63, 3.8) is 0 Å². The third kappa shape index (κ3) is 3.31. The highest BCUT2D eigenvalue weighted by Gasteiger charge is 2.48. The van der Waals surface area contributed by atoms with Crippen LogP contribution in [0.3, 0.4) is 0 Å². The molecule has 0 amide bonds. The molecule has 18 heavy (non-hydrogen) atoms. The van der Waals surface area contributed by atoms with Gasteiger partial charge in [-0.3, -0.25) is 14.4 Å². The quantitative estimate of drug-likeness (QED) is 0.427. The van der Waals surface area contributed by atoms with Crippen molar-refractivity contribution in [3.8, 4) is 0 Å². The van der Waals surface area contributed by atoms with E-state index in [1.165, 1.54) is 0 Å². The first-order valence-corrected chi connectivity index (χ1v) is 6.45. The Bertz CT molecular complexity index is 336. The largest absolute Gasteiger partial charge is 0.481 e. The van der Waals surface area contributed by atoms with Crippen LogP contribution in [0, 0.1) is 5.41 Å². The van der Waals surface area contributed by atoms with Gasteiger partial charge in [0.25, 0.3) is 0 Å². The summed E-state index contributed by atoms with van der Waals surface area (Å²) < 4.78 is 5.00. The van der Waals surface area contributed by atoms with Gasteiger partial charge in [-0.25, -0.2) is 0 Å². The molecular formula is C13H20O5. The van der Waals surface area contributed by atoms with Crippen molar-refractivity contribution in [3.05, 3.63) is 0 Å². The van der Waals surface area contributed by atoms with Crippen molar-refractivity contribution >= 4 is 17.7 Å². The minimum absolute atomic E-state index is 0.0451. The minimum atomic E-state index is -0.992. The van der Waals surface area contributed by atoms with Gasteiger partial charge in [-0.15, -0.1) is 0 Å². The molecule has 0 spiro atoms. The monoisotopic (exact) mass is 256 g/mol. The Balaban J connectivity index is 2.59. The molecule has 1 unspecified atom stereocenters. The average Bonchev–Trinajstić information content (AvgIpc) is 2.67. The number of ether oxygens (including phenoxy) is 1. The van der Waals surface area contributed by atoms with Crippen LogP contribution in [0.15, 0.2) is 0 Å². The average molecular weight is 256 g/mol. The number of aliphatic carboxylic acids is 1. The Kier molecular flexibility index (Phi) is 5.31. The maximum absolute atomic E-state index is 11.9. The summed E-state index contributed by atoms with van der Waals surface area (Å²) >= 11 is 0. The fourth-order valence-electron chi connectivity index (χ4n) is 2.48. The van der Waals surface area contributed by atoms with Crippen molar-refractivity contribution in [2.24, 2.45) is 5.41 Å². The molecular weight excluding hydrogens is 236 g/mol. The molecule has 1 saturated carbocycles. The second-order valence-corrected chi connectivity index (χ2v) is 4.68. The zero-order valence-corrected chi connectivity index (χ0v) is 10.7. The second-order valence-electron chi connectivity index (χ2n) is 4.68. The highest BCUT2D eigenvalue weighted by molar-refractivity contribution is 6.05. The summed E-state index contributed by atoms with van der Waals surface area (Å²) in [5, 5.41) is 8.56. The second kappa shape index (κ2) is 6.52. The first-order valence-electron chi connectivity index (χ1n) is 6.45. The number of hydrogen-bond acceptors (Lipinski definition) is 4. The van der Waals surface area contributed by atoms with Crippen LogP contribution in [0.4, 0.5) is 0 Å². The van der Waals surface area contributed by atoms with E-state index in [1.54, 1.807) is 6.92 Å². The number of carbonyl (C=O) groups is 3.